The molecule has 0 aromatic rings. The summed E-state index contributed by atoms with van der Waals surface area (Å²) in [4.78, 5) is 0. The molecule has 0 heterocycles. The van der Waals surface area contributed by atoms with E-state index in [-0.39, 0.29) is 0 Å². The Morgan fingerprint density at radius 2 is 0.538 bits per heavy atom. The minimum atomic E-state index is -2.32. The summed E-state index contributed by atoms with van der Waals surface area (Å²) in [5, 5.41) is 0. The Balaban J connectivity index is 6.63. The van der Waals surface area contributed by atoms with Gasteiger partial charge < -0.3 is 16.5 Å². The van der Waals surface area contributed by atoms with E-state index in [2.05, 4.69) is 108 Å². The van der Waals surface area contributed by atoms with E-state index in [1.165, 1.54) is 36.3 Å². The Morgan fingerprint density at radius 1 is 0.308 bits per heavy atom. The lowest BCUT2D eigenvalue weighted by molar-refractivity contribution is 0.368. The second kappa shape index (κ2) is 18.3. The molecular formula is C28H70O4SSi6. The quantitative estimate of drug-likeness (QED) is 0.0955. The zero-order chi connectivity index (χ0) is 30.4. The molecule has 11 heteroatoms. The summed E-state index contributed by atoms with van der Waals surface area (Å²) in [7, 11) is -10.2. The van der Waals surface area contributed by atoms with Gasteiger partial charge in [0, 0.05) is 0 Å². The smallest absolute Gasteiger partial charge is 0.317 e. The second-order valence-electron chi connectivity index (χ2n) is 11.5. The summed E-state index contributed by atoms with van der Waals surface area (Å²) >= 11 is 0. The standard InChI is InChI=1S/C28H70O4SSi6/c1-15-34(16-2,17-3)29-36(21-7,22-8)31-38(25-11,26-12)33-39(27-13,28-14)32-37(23-9,24-10)30-35(18-4,19-5)20-6/h15-28H2,1-14H3. The van der Waals surface area contributed by atoms with Gasteiger partial charge in [-0.2, -0.15) is 10.7 Å². The van der Waals surface area contributed by atoms with Crippen molar-refractivity contribution in [2.75, 3.05) is 0 Å². The van der Waals surface area contributed by atoms with E-state index >= 15 is 0 Å². The first-order valence-electron chi connectivity index (χ1n) is 16.9. The molecule has 0 rings (SSSR count). The molecule has 0 spiro atoms. The van der Waals surface area contributed by atoms with Crippen molar-refractivity contribution < 1.29 is 16.5 Å². The highest BCUT2D eigenvalue weighted by molar-refractivity contribution is 8.49. The first kappa shape index (κ1) is 40.5. The van der Waals surface area contributed by atoms with Crippen LogP contribution in [-0.4, -0.2) is 48.7 Å². The molecule has 0 atom stereocenters. The summed E-state index contributed by atoms with van der Waals surface area (Å²) in [6.45, 7) is 33.1. The van der Waals surface area contributed by atoms with Crippen LogP contribution in [0, 0.1) is 0 Å². The van der Waals surface area contributed by atoms with Crippen LogP contribution in [0.4, 0.5) is 0 Å². The van der Waals surface area contributed by atoms with Gasteiger partial charge in [0.15, 0.2) is 16.6 Å². The third-order valence-corrected chi connectivity index (χ3v) is 53.5. The van der Waals surface area contributed by atoms with Crippen molar-refractivity contribution in [1.82, 2.24) is 0 Å². The molecule has 0 aliphatic carbocycles. The summed E-state index contributed by atoms with van der Waals surface area (Å²) in [6, 6.07) is 15.9. The van der Waals surface area contributed by atoms with Gasteiger partial charge in [-0.15, -0.1) is 0 Å². The molecule has 0 saturated heterocycles. The normalized spacial score (nSPS) is 14.3. The maximum Gasteiger partial charge on any atom is 0.317 e. The zero-order valence-electron chi connectivity index (χ0n) is 28.9. The summed E-state index contributed by atoms with van der Waals surface area (Å²) < 4.78 is 30.2. The fraction of sp³-hybridized carbons (Fsp3) is 1.00. The van der Waals surface area contributed by atoms with Gasteiger partial charge in [-0.25, -0.2) is 0 Å². The molecule has 39 heavy (non-hydrogen) atoms. The molecule has 236 valence electrons. The van der Waals surface area contributed by atoms with Crippen molar-refractivity contribution in [2.45, 2.75) is 182 Å². The Kier molecular flexibility index (Phi) is 19.0. The van der Waals surface area contributed by atoms with Gasteiger partial charge in [0.1, 0.15) is 0 Å². The lowest BCUT2D eigenvalue weighted by Gasteiger charge is -2.49. The third kappa shape index (κ3) is 10.3. The van der Waals surface area contributed by atoms with Crippen LogP contribution in [0.25, 0.3) is 0 Å². The molecule has 0 N–H and O–H groups in total. The number of hydrogen-bond donors (Lipinski definition) is 0. The van der Waals surface area contributed by atoms with E-state index in [0.29, 0.717) is 0 Å². The lowest BCUT2D eigenvalue weighted by atomic mass is 10.9. The maximum absolute atomic E-state index is 7.68. The molecule has 0 aromatic carbocycles. The molecule has 0 bridgehead atoms. The maximum atomic E-state index is 7.68. The van der Waals surface area contributed by atoms with Gasteiger partial charge in [0.05, 0.1) is 0 Å². The van der Waals surface area contributed by atoms with Crippen molar-refractivity contribution in [3.05, 3.63) is 0 Å². The monoisotopic (exact) mass is 670 g/mol. The molecule has 0 saturated carbocycles. The van der Waals surface area contributed by atoms with Crippen LogP contribution in [-0.2, 0) is 16.5 Å². The van der Waals surface area contributed by atoms with Gasteiger partial charge >= 0.3 is 17.1 Å². The van der Waals surface area contributed by atoms with Gasteiger partial charge in [-0.3, -0.25) is 0 Å². The fourth-order valence-electron chi connectivity index (χ4n) is 5.98. The average Bonchev–Trinajstić information content (AvgIpc) is 3.00. The second-order valence-corrected chi connectivity index (χ2v) is 43.8. The molecule has 0 amide bonds. The SMILES string of the molecule is CC[Si](CC)(CC)O[Si](CC)(CC)O[Si](CC)(CC)S[Si](CC)(CC)O[Si](CC)(CC)O[Si](CC)(CC)CC. The molecule has 0 fully saturated rings. The highest BCUT2D eigenvalue weighted by atomic mass is 32.5. The molecule has 0 aromatic heterocycles. The Labute approximate surface area is 256 Å². The number of hydrogen-bond acceptors (Lipinski definition) is 5. The Hall–Kier alpha value is 1.49. The molecular weight excluding hydrogens is 601 g/mol. The Morgan fingerprint density at radius 3 is 0.692 bits per heavy atom. The summed E-state index contributed by atoms with van der Waals surface area (Å²) in [5.41, 5.74) is 0. The third-order valence-electron chi connectivity index (χ3n) is 10.1. The van der Waals surface area contributed by atoms with Gasteiger partial charge in [0.2, 0.25) is 14.9 Å². The first-order chi connectivity index (χ1) is 18.4. The molecule has 0 aliphatic heterocycles. The zero-order valence-corrected chi connectivity index (χ0v) is 35.8. The molecule has 4 nitrogen and oxygen atoms in total. The van der Waals surface area contributed by atoms with E-state index < -0.39 is 48.7 Å². The van der Waals surface area contributed by atoms with Crippen molar-refractivity contribution in [2.24, 2.45) is 0 Å². The minimum absolute atomic E-state index is 1.06. The van der Waals surface area contributed by atoms with E-state index in [0.717, 1.165) is 48.4 Å². The van der Waals surface area contributed by atoms with Crippen LogP contribution >= 0.6 is 10.7 Å². The predicted octanol–water partition coefficient (Wildman–Crippen LogP) is 11.7. The van der Waals surface area contributed by atoms with Crippen LogP contribution < -0.4 is 0 Å². The minimum Gasteiger partial charge on any atom is -0.436 e. The predicted molar refractivity (Wildman–Crippen MR) is 193 cm³/mol. The lowest BCUT2D eigenvalue weighted by Crippen LogP contribution is -2.61. The molecule has 0 aliphatic rings. The Bertz CT molecular complexity index is 577. The highest BCUT2D eigenvalue weighted by Crippen LogP contribution is 2.47. The molecule has 0 radical (unpaired) electrons. The van der Waals surface area contributed by atoms with Gasteiger partial charge in [-0.1, -0.05) is 96.9 Å². The van der Waals surface area contributed by atoms with Gasteiger partial charge in [0.25, 0.3) is 0 Å². The first-order valence-corrected chi connectivity index (χ1v) is 33.3. The topological polar surface area (TPSA) is 36.9 Å². The largest absolute Gasteiger partial charge is 0.436 e. The van der Waals surface area contributed by atoms with Crippen LogP contribution in [0.5, 0.6) is 0 Å². The summed E-state index contributed by atoms with van der Waals surface area (Å²) in [5.74, 6) is 0. The van der Waals surface area contributed by atoms with Crippen molar-refractivity contribution in [3.63, 3.8) is 0 Å². The van der Waals surface area contributed by atoms with Crippen LogP contribution in [0.15, 0.2) is 0 Å². The van der Waals surface area contributed by atoms with E-state index in [9.17, 15) is 0 Å². The van der Waals surface area contributed by atoms with E-state index in [1.807, 2.05) is 0 Å². The van der Waals surface area contributed by atoms with Gasteiger partial charge in [-0.05, 0) is 84.6 Å². The molecule has 0 unspecified atom stereocenters. The van der Waals surface area contributed by atoms with Crippen LogP contribution in [0.3, 0.4) is 0 Å². The highest BCUT2D eigenvalue weighted by Gasteiger charge is 2.55. The van der Waals surface area contributed by atoms with Crippen molar-refractivity contribution >= 4 is 59.4 Å². The van der Waals surface area contributed by atoms with Crippen LogP contribution in [0.2, 0.25) is 84.6 Å². The average molecular weight is 671 g/mol. The van der Waals surface area contributed by atoms with E-state index in [4.69, 9.17) is 16.5 Å². The van der Waals surface area contributed by atoms with Crippen molar-refractivity contribution in [1.29, 1.82) is 0 Å². The summed E-state index contributed by atoms with van der Waals surface area (Å²) in [6.07, 6.45) is 0. The number of rotatable bonds is 24. The van der Waals surface area contributed by atoms with Crippen molar-refractivity contribution in [3.8, 4) is 0 Å². The fourth-order valence-corrected chi connectivity index (χ4v) is 56.6. The van der Waals surface area contributed by atoms with E-state index in [1.54, 1.807) is 0 Å². The van der Waals surface area contributed by atoms with Crippen LogP contribution in [0.1, 0.15) is 96.9 Å².